The molecule has 3 saturated carbocycles. The number of hydrogen-bond acceptors (Lipinski definition) is 1. The lowest BCUT2D eigenvalue weighted by Crippen LogP contribution is -2.42. The highest BCUT2D eigenvalue weighted by atomic mass is 14.8. The van der Waals surface area contributed by atoms with Gasteiger partial charge in [0.2, 0.25) is 0 Å². The SMILES string of the molecule is CNCC1C2CCC(CC2)C1c1ccc2ccccc2c1. The van der Waals surface area contributed by atoms with E-state index in [9.17, 15) is 0 Å². The molecule has 3 aliphatic carbocycles. The fourth-order valence-corrected chi connectivity index (χ4v) is 5.04. The van der Waals surface area contributed by atoms with Crippen molar-refractivity contribution in [2.24, 2.45) is 17.8 Å². The van der Waals surface area contributed by atoms with Gasteiger partial charge in [-0.2, -0.15) is 0 Å². The van der Waals surface area contributed by atoms with Gasteiger partial charge in [-0.3, -0.25) is 0 Å². The van der Waals surface area contributed by atoms with E-state index in [1.807, 2.05) is 0 Å². The topological polar surface area (TPSA) is 12.0 Å². The summed E-state index contributed by atoms with van der Waals surface area (Å²) in [4.78, 5) is 0. The molecule has 0 amide bonds. The molecule has 2 bridgehead atoms. The van der Waals surface area contributed by atoms with Crippen molar-refractivity contribution in [1.82, 2.24) is 5.32 Å². The summed E-state index contributed by atoms with van der Waals surface area (Å²) in [6.07, 6.45) is 5.81. The maximum Gasteiger partial charge on any atom is -0.00149 e. The fraction of sp³-hybridized carbons (Fsp3) is 0.500. The summed E-state index contributed by atoms with van der Waals surface area (Å²) in [5.74, 6) is 3.46. The average molecular weight is 279 g/mol. The van der Waals surface area contributed by atoms with E-state index in [2.05, 4.69) is 54.8 Å². The van der Waals surface area contributed by atoms with Gasteiger partial charge in [-0.05, 0) is 79.3 Å². The molecule has 0 aliphatic heterocycles. The molecule has 0 saturated heterocycles. The number of rotatable bonds is 3. The van der Waals surface area contributed by atoms with Crippen molar-refractivity contribution >= 4 is 10.8 Å². The minimum atomic E-state index is 0.773. The maximum absolute atomic E-state index is 3.46. The van der Waals surface area contributed by atoms with E-state index in [1.54, 1.807) is 5.56 Å². The first kappa shape index (κ1) is 13.3. The van der Waals surface area contributed by atoms with Gasteiger partial charge in [0.15, 0.2) is 0 Å². The molecule has 1 N–H and O–H groups in total. The van der Waals surface area contributed by atoms with E-state index in [0.717, 1.165) is 23.7 Å². The number of fused-ring (bicyclic) bond motifs is 4. The van der Waals surface area contributed by atoms with E-state index < -0.39 is 0 Å². The van der Waals surface area contributed by atoms with Crippen LogP contribution in [0.1, 0.15) is 37.2 Å². The van der Waals surface area contributed by atoms with Crippen LogP contribution in [0.25, 0.3) is 10.8 Å². The third kappa shape index (κ3) is 2.28. The van der Waals surface area contributed by atoms with Crippen LogP contribution >= 0.6 is 0 Å². The molecule has 110 valence electrons. The largest absolute Gasteiger partial charge is 0.319 e. The molecule has 2 atom stereocenters. The van der Waals surface area contributed by atoms with Crippen LogP contribution in [0.2, 0.25) is 0 Å². The lowest BCUT2D eigenvalue weighted by Gasteiger charge is -2.49. The Morgan fingerprint density at radius 3 is 2.38 bits per heavy atom. The Labute approximate surface area is 127 Å². The molecule has 2 aromatic carbocycles. The van der Waals surface area contributed by atoms with Gasteiger partial charge < -0.3 is 5.32 Å². The monoisotopic (exact) mass is 279 g/mol. The second-order valence-corrected chi connectivity index (χ2v) is 7.03. The van der Waals surface area contributed by atoms with Crippen molar-refractivity contribution in [2.75, 3.05) is 13.6 Å². The predicted molar refractivity (Wildman–Crippen MR) is 89.6 cm³/mol. The van der Waals surface area contributed by atoms with E-state index in [-0.39, 0.29) is 0 Å². The Hall–Kier alpha value is -1.34. The Morgan fingerprint density at radius 2 is 1.62 bits per heavy atom. The second-order valence-electron chi connectivity index (χ2n) is 7.03. The molecule has 3 fully saturated rings. The highest BCUT2D eigenvalue weighted by Gasteiger charge is 2.43. The minimum absolute atomic E-state index is 0.773. The van der Waals surface area contributed by atoms with Crippen molar-refractivity contribution in [3.05, 3.63) is 48.0 Å². The van der Waals surface area contributed by atoms with Gasteiger partial charge in [0.1, 0.15) is 0 Å². The van der Waals surface area contributed by atoms with Crippen molar-refractivity contribution in [3.63, 3.8) is 0 Å². The average Bonchev–Trinajstić information content (AvgIpc) is 2.56. The lowest BCUT2D eigenvalue weighted by atomic mass is 9.57. The smallest absolute Gasteiger partial charge is 0.00149 e. The number of benzene rings is 2. The third-order valence-corrected chi connectivity index (χ3v) is 5.99. The molecule has 0 radical (unpaired) electrons. The Bertz CT molecular complexity index is 625. The predicted octanol–water partition coefficient (Wildman–Crippen LogP) is 4.58. The zero-order valence-electron chi connectivity index (χ0n) is 12.9. The van der Waals surface area contributed by atoms with Gasteiger partial charge in [0, 0.05) is 0 Å². The van der Waals surface area contributed by atoms with Gasteiger partial charge in [0.25, 0.3) is 0 Å². The molecule has 0 aromatic heterocycles. The molecule has 2 unspecified atom stereocenters. The summed E-state index contributed by atoms with van der Waals surface area (Å²) < 4.78 is 0. The summed E-state index contributed by atoms with van der Waals surface area (Å²) in [6, 6.07) is 16.0. The first-order valence-electron chi connectivity index (χ1n) is 8.50. The first-order valence-corrected chi connectivity index (χ1v) is 8.50. The number of hydrogen-bond donors (Lipinski definition) is 1. The van der Waals surface area contributed by atoms with E-state index in [4.69, 9.17) is 0 Å². The van der Waals surface area contributed by atoms with Crippen LogP contribution in [-0.4, -0.2) is 13.6 Å². The van der Waals surface area contributed by atoms with Crippen molar-refractivity contribution in [3.8, 4) is 0 Å². The summed E-state index contributed by atoms with van der Waals surface area (Å²) in [5, 5.41) is 6.23. The van der Waals surface area contributed by atoms with Gasteiger partial charge in [-0.15, -0.1) is 0 Å². The second kappa shape index (κ2) is 5.46. The zero-order valence-corrected chi connectivity index (χ0v) is 12.9. The van der Waals surface area contributed by atoms with Crippen LogP contribution in [0.3, 0.4) is 0 Å². The van der Waals surface area contributed by atoms with Crippen LogP contribution in [0.15, 0.2) is 42.5 Å². The summed E-state index contributed by atoms with van der Waals surface area (Å²) in [5.41, 5.74) is 1.59. The summed E-state index contributed by atoms with van der Waals surface area (Å²) in [6.45, 7) is 1.18. The highest BCUT2D eigenvalue weighted by Crippen LogP contribution is 2.53. The molecule has 3 aliphatic rings. The van der Waals surface area contributed by atoms with Crippen LogP contribution in [0.5, 0.6) is 0 Å². The fourth-order valence-electron chi connectivity index (χ4n) is 5.04. The summed E-state index contributed by atoms with van der Waals surface area (Å²) in [7, 11) is 2.11. The molecule has 2 aromatic rings. The quantitative estimate of drug-likeness (QED) is 0.867. The zero-order chi connectivity index (χ0) is 14.2. The lowest BCUT2D eigenvalue weighted by molar-refractivity contribution is 0.0688. The van der Waals surface area contributed by atoms with E-state index in [1.165, 1.54) is 43.0 Å². The molecule has 21 heavy (non-hydrogen) atoms. The summed E-state index contributed by atoms with van der Waals surface area (Å²) >= 11 is 0. The highest BCUT2D eigenvalue weighted by molar-refractivity contribution is 5.83. The Kier molecular flexibility index (Phi) is 3.46. The molecule has 5 rings (SSSR count). The normalized spacial score (nSPS) is 31.7. The van der Waals surface area contributed by atoms with Crippen LogP contribution in [-0.2, 0) is 0 Å². The minimum Gasteiger partial charge on any atom is -0.319 e. The molecule has 0 spiro atoms. The molecular weight excluding hydrogens is 254 g/mol. The van der Waals surface area contributed by atoms with Gasteiger partial charge in [-0.25, -0.2) is 0 Å². The number of nitrogens with one attached hydrogen (secondary N) is 1. The van der Waals surface area contributed by atoms with E-state index >= 15 is 0 Å². The van der Waals surface area contributed by atoms with Gasteiger partial charge >= 0.3 is 0 Å². The maximum atomic E-state index is 3.46. The van der Waals surface area contributed by atoms with Gasteiger partial charge in [0.05, 0.1) is 0 Å². The van der Waals surface area contributed by atoms with Crippen LogP contribution < -0.4 is 5.32 Å². The molecule has 1 nitrogen and oxygen atoms in total. The van der Waals surface area contributed by atoms with Crippen molar-refractivity contribution in [1.29, 1.82) is 0 Å². The third-order valence-electron chi connectivity index (χ3n) is 5.99. The molecule has 1 heteroatoms. The van der Waals surface area contributed by atoms with Crippen molar-refractivity contribution < 1.29 is 0 Å². The Balaban J connectivity index is 1.74. The molecular formula is C20H25N. The molecule has 0 heterocycles. The van der Waals surface area contributed by atoms with E-state index in [0.29, 0.717) is 0 Å². The van der Waals surface area contributed by atoms with Gasteiger partial charge in [-0.1, -0.05) is 42.5 Å². The first-order chi connectivity index (χ1) is 10.4. The van der Waals surface area contributed by atoms with Crippen molar-refractivity contribution in [2.45, 2.75) is 31.6 Å². The van der Waals surface area contributed by atoms with Crippen LogP contribution in [0.4, 0.5) is 0 Å². The standard InChI is InChI=1S/C20H25N/c1-21-13-19-15-7-9-16(10-8-15)20(19)18-11-6-14-4-2-3-5-17(14)12-18/h2-6,11-12,15-16,19-21H,7-10,13H2,1H3. The van der Waals surface area contributed by atoms with Crippen LogP contribution in [0, 0.1) is 17.8 Å². The Morgan fingerprint density at radius 1 is 0.905 bits per heavy atom.